The summed E-state index contributed by atoms with van der Waals surface area (Å²) in [6, 6.07) is 0. The lowest BCUT2D eigenvalue weighted by Crippen LogP contribution is -2.28. The Labute approximate surface area is 112 Å². The van der Waals surface area contributed by atoms with E-state index >= 15 is 0 Å². The minimum atomic E-state index is -3.46. The third-order valence-corrected chi connectivity index (χ3v) is 6.84. The fourth-order valence-corrected chi connectivity index (χ4v) is 3.06. The smallest absolute Gasteiger partial charge is 0.228 e. The molecule has 2 aliphatic carbocycles. The lowest BCUT2D eigenvalue weighted by molar-refractivity contribution is 0.194. The number of hydrogen-bond donors (Lipinski definition) is 2. The predicted octanol–water partition coefficient (Wildman–Crippen LogP) is -0.324. The fourth-order valence-electron chi connectivity index (χ4n) is 1.02. The molecule has 0 atom stereocenters. The lowest BCUT2D eigenvalue weighted by atomic mass is 11.0. The second-order valence-electron chi connectivity index (χ2n) is 4.25. The quantitative estimate of drug-likeness (QED) is 0.532. The van der Waals surface area contributed by atoms with Crippen LogP contribution in [0.4, 0.5) is 0 Å². The zero-order valence-corrected chi connectivity index (χ0v) is 12.3. The van der Waals surface area contributed by atoms with Crippen molar-refractivity contribution in [2.45, 2.75) is 35.1 Å². The average molecular weight is 321 g/mol. The number of hydrogen-bond acceptors (Lipinski definition) is 5. The van der Waals surface area contributed by atoms with Gasteiger partial charge in [-0.25, -0.2) is 22.0 Å². The van der Waals surface area contributed by atoms with Gasteiger partial charge in [0.25, 0.3) is 0 Å². The number of primary sulfonamides is 1. The standard InChI is InChI=1S/C5H11NO3S.C3H6ClNO2S/c1-9-4-6-10(7,8)5-2-3-5;4-3(1-2-3)8(5,6)7/h5-6H,2-4H2,1H3;1-2H2,(H2,5,6,7). The molecule has 0 bridgehead atoms. The van der Waals surface area contributed by atoms with Crippen LogP contribution in [0.2, 0.25) is 0 Å². The number of methoxy groups -OCH3 is 1. The van der Waals surface area contributed by atoms with E-state index in [1.807, 2.05) is 0 Å². The van der Waals surface area contributed by atoms with Gasteiger partial charge in [-0.05, 0) is 25.7 Å². The highest BCUT2D eigenvalue weighted by atomic mass is 35.5. The molecule has 0 aromatic heterocycles. The molecule has 108 valence electrons. The van der Waals surface area contributed by atoms with Crippen LogP contribution in [-0.2, 0) is 24.8 Å². The average Bonchev–Trinajstić information content (AvgIpc) is 3.06. The zero-order chi connectivity index (χ0) is 14.0. The minimum absolute atomic E-state index is 0.0822. The van der Waals surface area contributed by atoms with Crippen molar-refractivity contribution in [1.29, 1.82) is 0 Å². The highest BCUT2D eigenvalue weighted by molar-refractivity contribution is 7.92. The van der Waals surface area contributed by atoms with Crippen molar-refractivity contribution in [2.24, 2.45) is 5.14 Å². The van der Waals surface area contributed by atoms with Gasteiger partial charge in [0.05, 0.1) is 5.25 Å². The van der Waals surface area contributed by atoms with E-state index in [0.717, 1.165) is 12.8 Å². The molecule has 0 unspecified atom stereocenters. The van der Waals surface area contributed by atoms with Gasteiger partial charge in [-0.2, -0.15) is 4.72 Å². The number of halogens is 1. The molecule has 0 heterocycles. The van der Waals surface area contributed by atoms with Crippen LogP contribution in [0.1, 0.15) is 25.7 Å². The van der Waals surface area contributed by atoms with Crippen molar-refractivity contribution in [3.05, 3.63) is 0 Å². The molecule has 0 radical (unpaired) electrons. The van der Waals surface area contributed by atoms with E-state index in [2.05, 4.69) is 9.46 Å². The zero-order valence-electron chi connectivity index (χ0n) is 9.93. The minimum Gasteiger partial charge on any atom is -0.369 e. The molecule has 0 aromatic carbocycles. The Hall–Kier alpha value is 0.0700. The Morgan fingerprint density at radius 2 is 1.83 bits per heavy atom. The first-order chi connectivity index (χ1) is 8.12. The molecule has 0 saturated heterocycles. The van der Waals surface area contributed by atoms with Gasteiger partial charge < -0.3 is 4.74 Å². The van der Waals surface area contributed by atoms with E-state index in [-0.39, 0.29) is 12.0 Å². The van der Waals surface area contributed by atoms with Gasteiger partial charge in [0.15, 0.2) is 4.21 Å². The molecule has 0 spiro atoms. The van der Waals surface area contributed by atoms with Gasteiger partial charge >= 0.3 is 0 Å². The number of ether oxygens (including phenoxy) is 1. The Morgan fingerprint density at radius 3 is 2.06 bits per heavy atom. The summed E-state index contributed by atoms with van der Waals surface area (Å²) in [5.41, 5.74) is 0. The van der Waals surface area contributed by atoms with E-state index < -0.39 is 24.3 Å². The normalized spacial score (nSPS) is 21.9. The molecule has 0 amide bonds. The maximum atomic E-state index is 11.0. The predicted molar refractivity (Wildman–Crippen MR) is 67.9 cm³/mol. The molecule has 10 heteroatoms. The van der Waals surface area contributed by atoms with E-state index in [1.165, 1.54) is 7.11 Å². The number of sulfonamides is 2. The van der Waals surface area contributed by atoms with Crippen LogP contribution in [0.25, 0.3) is 0 Å². The van der Waals surface area contributed by atoms with Crippen LogP contribution in [-0.4, -0.2) is 40.1 Å². The van der Waals surface area contributed by atoms with Crippen LogP contribution < -0.4 is 9.86 Å². The molecule has 18 heavy (non-hydrogen) atoms. The summed E-state index contributed by atoms with van der Waals surface area (Å²) in [7, 11) is -5.03. The van der Waals surface area contributed by atoms with Gasteiger partial charge in [0.2, 0.25) is 20.0 Å². The van der Waals surface area contributed by atoms with E-state index in [0.29, 0.717) is 12.8 Å². The Bertz CT molecular complexity index is 482. The first-order valence-electron chi connectivity index (χ1n) is 5.31. The van der Waals surface area contributed by atoms with Crippen molar-refractivity contribution < 1.29 is 21.6 Å². The maximum Gasteiger partial charge on any atom is 0.228 e. The summed E-state index contributed by atoms with van der Waals surface area (Å²) in [6.45, 7) is 0.0822. The summed E-state index contributed by atoms with van der Waals surface area (Å²) in [5.74, 6) is 0. The summed E-state index contributed by atoms with van der Waals surface area (Å²) in [5, 5.41) is 4.56. The summed E-state index contributed by atoms with van der Waals surface area (Å²) in [6.07, 6.45) is 2.57. The van der Waals surface area contributed by atoms with Crippen molar-refractivity contribution in [2.75, 3.05) is 13.8 Å². The van der Waals surface area contributed by atoms with Crippen molar-refractivity contribution >= 4 is 31.6 Å². The Balaban J connectivity index is 0.000000184. The molecule has 2 aliphatic rings. The van der Waals surface area contributed by atoms with Crippen LogP contribution in [0.5, 0.6) is 0 Å². The molecular weight excluding hydrogens is 304 g/mol. The molecule has 0 aliphatic heterocycles. The summed E-state index contributed by atoms with van der Waals surface area (Å²) in [4.78, 5) is 0. The van der Waals surface area contributed by atoms with Gasteiger partial charge in [-0.3, -0.25) is 0 Å². The number of alkyl halides is 1. The highest BCUT2D eigenvalue weighted by Gasteiger charge is 2.51. The first kappa shape index (κ1) is 16.1. The second-order valence-corrected chi connectivity index (χ2v) is 9.11. The molecular formula is C8H17ClN2O5S2. The Morgan fingerprint density at radius 1 is 1.33 bits per heavy atom. The van der Waals surface area contributed by atoms with Gasteiger partial charge in [0, 0.05) is 7.11 Å². The van der Waals surface area contributed by atoms with Crippen molar-refractivity contribution in [3.8, 4) is 0 Å². The van der Waals surface area contributed by atoms with Crippen LogP contribution in [0, 0.1) is 0 Å². The van der Waals surface area contributed by atoms with Crippen LogP contribution >= 0.6 is 11.6 Å². The van der Waals surface area contributed by atoms with Gasteiger partial charge in [0.1, 0.15) is 6.73 Å². The lowest BCUT2D eigenvalue weighted by Gasteiger charge is -2.01. The van der Waals surface area contributed by atoms with Crippen molar-refractivity contribution in [1.82, 2.24) is 4.72 Å². The molecule has 2 fully saturated rings. The fraction of sp³-hybridized carbons (Fsp3) is 1.00. The largest absolute Gasteiger partial charge is 0.369 e. The van der Waals surface area contributed by atoms with E-state index in [4.69, 9.17) is 16.7 Å². The van der Waals surface area contributed by atoms with Crippen LogP contribution in [0.15, 0.2) is 0 Å². The summed E-state index contributed by atoms with van der Waals surface area (Å²) < 4.78 is 48.4. The topological polar surface area (TPSA) is 116 Å². The third-order valence-electron chi connectivity index (χ3n) is 2.52. The van der Waals surface area contributed by atoms with E-state index in [1.54, 1.807) is 0 Å². The highest BCUT2D eigenvalue weighted by Crippen LogP contribution is 2.45. The number of nitrogens with two attached hydrogens (primary N) is 1. The van der Waals surface area contributed by atoms with E-state index in [9.17, 15) is 16.8 Å². The first-order valence-corrected chi connectivity index (χ1v) is 8.78. The SMILES string of the molecule is COCNS(=O)(=O)C1CC1.NS(=O)(=O)C1(Cl)CC1. The molecule has 7 nitrogen and oxygen atoms in total. The monoisotopic (exact) mass is 320 g/mol. The summed E-state index contributed by atoms with van der Waals surface area (Å²) >= 11 is 5.41. The molecule has 0 aromatic rings. The van der Waals surface area contributed by atoms with Crippen LogP contribution in [0.3, 0.4) is 0 Å². The maximum absolute atomic E-state index is 11.0. The third kappa shape index (κ3) is 4.63. The molecule has 2 rings (SSSR count). The van der Waals surface area contributed by atoms with Crippen molar-refractivity contribution in [3.63, 3.8) is 0 Å². The number of nitrogens with one attached hydrogen (secondary N) is 1. The van der Waals surface area contributed by atoms with Gasteiger partial charge in [-0.1, -0.05) is 0 Å². The second kappa shape index (κ2) is 5.59. The molecule has 3 N–H and O–H groups in total. The van der Waals surface area contributed by atoms with Gasteiger partial charge in [-0.15, -0.1) is 11.6 Å². The Kier molecular flexibility index (Phi) is 5.01. The number of rotatable bonds is 5. The molecule has 2 saturated carbocycles.